The smallest absolute Gasteiger partial charge is 0.0104 e. The Bertz CT molecular complexity index is 842. The van der Waals surface area contributed by atoms with Crippen LogP contribution in [0.15, 0.2) is 72.8 Å². The van der Waals surface area contributed by atoms with Crippen LogP contribution in [0.1, 0.15) is 78.4 Å². The Morgan fingerprint density at radius 1 is 0.433 bits per heavy atom. The van der Waals surface area contributed by atoms with Crippen LogP contribution in [0, 0.1) is 0 Å². The summed E-state index contributed by atoms with van der Waals surface area (Å²) in [4.78, 5) is 0. The summed E-state index contributed by atoms with van der Waals surface area (Å²) >= 11 is 0. The van der Waals surface area contributed by atoms with E-state index in [0.29, 0.717) is 0 Å². The van der Waals surface area contributed by atoms with Gasteiger partial charge >= 0.3 is 0 Å². The maximum Gasteiger partial charge on any atom is -0.0104 e. The topological polar surface area (TPSA) is 0 Å². The number of hydrogen-bond acceptors (Lipinski definition) is 0. The zero-order valence-corrected chi connectivity index (χ0v) is 19.8. The standard InChI is InChI=1S/C30H38/c1-7-21-29(3,4)27-17-13-25(14-18-27)23-9-11-24(12-10-23)26-15-19-28(20-16-26)30(5,6)22-8-2/h9-20H,7-8,21-22H2,1-6H3. The van der Waals surface area contributed by atoms with Crippen molar-refractivity contribution in [3.8, 4) is 22.3 Å². The molecule has 0 bridgehead atoms. The Morgan fingerprint density at radius 2 is 0.667 bits per heavy atom. The van der Waals surface area contributed by atoms with E-state index in [1.807, 2.05) is 0 Å². The Hall–Kier alpha value is -2.34. The third-order valence-corrected chi connectivity index (χ3v) is 6.63. The van der Waals surface area contributed by atoms with Crippen LogP contribution >= 0.6 is 0 Å². The van der Waals surface area contributed by atoms with Crippen molar-refractivity contribution in [3.05, 3.63) is 83.9 Å². The van der Waals surface area contributed by atoms with Crippen molar-refractivity contribution in [3.63, 3.8) is 0 Å². The van der Waals surface area contributed by atoms with Gasteiger partial charge in [-0.2, -0.15) is 0 Å². The fraction of sp³-hybridized carbons (Fsp3) is 0.400. The van der Waals surface area contributed by atoms with Gasteiger partial charge in [0.1, 0.15) is 0 Å². The predicted octanol–water partition coefficient (Wildman–Crippen LogP) is 9.18. The summed E-state index contributed by atoms with van der Waals surface area (Å²) in [6.07, 6.45) is 4.87. The maximum absolute atomic E-state index is 2.34. The van der Waals surface area contributed by atoms with Crippen molar-refractivity contribution >= 4 is 0 Å². The van der Waals surface area contributed by atoms with E-state index in [-0.39, 0.29) is 10.8 Å². The molecule has 0 spiro atoms. The lowest BCUT2D eigenvalue weighted by molar-refractivity contribution is 0.473. The Morgan fingerprint density at radius 3 is 0.900 bits per heavy atom. The third kappa shape index (κ3) is 5.04. The molecule has 158 valence electrons. The molecule has 3 rings (SSSR count). The minimum Gasteiger partial charge on any atom is -0.0654 e. The van der Waals surface area contributed by atoms with Crippen LogP contribution in [0.4, 0.5) is 0 Å². The van der Waals surface area contributed by atoms with E-state index in [0.717, 1.165) is 0 Å². The Kier molecular flexibility index (Phi) is 6.86. The van der Waals surface area contributed by atoms with E-state index in [1.54, 1.807) is 0 Å². The highest BCUT2D eigenvalue weighted by molar-refractivity contribution is 5.70. The molecule has 0 amide bonds. The summed E-state index contributed by atoms with van der Waals surface area (Å²) < 4.78 is 0. The lowest BCUT2D eigenvalue weighted by Crippen LogP contribution is -2.16. The molecule has 3 aromatic rings. The van der Waals surface area contributed by atoms with Gasteiger partial charge in [0.05, 0.1) is 0 Å². The van der Waals surface area contributed by atoms with Crippen LogP contribution in [0.25, 0.3) is 22.3 Å². The third-order valence-electron chi connectivity index (χ3n) is 6.63. The van der Waals surface area contributed by atoms with Crippen molar-refractivity contribution < 1.29 is 0 Å². The largest absolute Gasteiger partial charge is 0.0654 e. The molecule has 3 aromatic carbocycles. The zero-order valence-electron chi connectivity index (χ0n) is 19.8. The van der Waals surface area contributed by atoms with Crippen molar-refractivity contribution in [2.24, 2.45) is 0 Å². The van der Waals surface area contributed by atoms with Crippen molar-refractivity contribution in [1.82, 2.24) is 0 Å². The minimum atomic E-state index is 0.245. The first-order valence-corrected chi connectivity index (χ1v) is 11.6. The van der Waals surface area contributed by atoms with Gasteiger partial charge < -0.3 is 0 Å². The summed E-state index contributed by atoms with van der Waals surface area (Å²) in [6.45, 7) is 13.9. The molecule has 30 heavy (non-hydrogen) atoms. The van der Waals surface area contributed by atoms with Crippen LogP contribution in [0.5, 0.6) is 0 Å². The molecule has 0 aromatic heterocycles. The van der Waals surface area contributed by atoms with Gasteiger partial charge in [-0.05, 0) is 57.1 Å². The van der Waals surface area contributed by atoms with Crippen LogP contribution < -0.4 is 0 Å². The molecule has 0 heterocycles. The fourth-order valence-corrected chi connectivity index (χ4v) is 4.62. The van der Waals surface area contributed by atoms with Gasteiger partial charge in [-0.25, -0.2) is 0 Å². The van der Waals surface area contributed by atoms with E-state index in [1.165, 1.54) is 59.1 Å². The van der Waals surface area contributed by atoms with Crippen molar-refractivity contribution in [1.29, 1.82) is 0 Å². The van der Waals surface area contributed by atoms with E-state index >= 15 is 0 Å². The lowest BCUT2D eigenvalue weighted by atomic mass is 9.80. The van der Waals surface area contributed by atoms with Gasteiger partial charge in [0.15, 0.2) is 0 Å². The summed E-state index contributed by atoms with van der Waals surface area (Å²) in [5.74, 6) is 0. The second-order valence-corrected chi connectivity index (χ2v) is 10.00. The van der Waals surface area contributed by atoms with Gasteiger partial charge in [0.2, 0.25) is 0 Å². The van der Waals surface area contributed by atoms with Crippen LogP contribution in [-0.2, 0) is 10.8 Å². The molecule has 0 saturated heterocycles. The molecule has 0 saturated carbocycles. The molecule has 0 N–H and O–H groups in total. The highest BCUT2D eigenvalue weighted by Gasteiger charge is 2.20. The lowest BCUT2D eigenvalue weighted by Gasteiger charge is -2.25. The van der Waals surface area contributed by atoms with Gasteiger partial charge in [0.25, 0.3) is 0 Å². The van der Waals surface area contributed by atoms with Gasteiger partial charge in [-0.15, -0.1) is 0 Å². The quantitative estimate of drug-likeness (QED) is 0.355. The van der Waals surface area contributed by atoms with Gasteiger partial charge in [-0.1, -0.05) is 127 Å². The summed E-state index contributed by atoms with van der Waals surface area (Å²) in [5.41, 5.74) is 8.47. The van der Waals surface area contributed by atoms with E-state index in [9.17, 15) is 0 Å². The first-order valence-electron chi connectivity index (χ1n) is 11.6. The summed E-state index contributed by atoms with van der Waals surface area (Å²) in [6, 6.07) is 27.3. The van der Waals surface area contributed by atoms with Crippen LogP contribution in [0.3, 0.4) is 0 Å². The summed E-state index contributed by atoms with van der Waals surface area (Å²) in [5, 5.41) is 0. The first-order chi connectivity index (χ1) is 14.3. The summed E-state index contributed by atoms with van der Waals surface area (Å²) in [7, 11) is 0. The molecule has 0 radical (unpaired) electrons. The number of hydrogen-bond donors (Lipinski definition) is 0. The molecular formula is C30H38. The Labute approximate surface area is 184 Å². The van der Waals surface area contributed by atoms with E-state index in [2.05, 4.69) is 114 Å². The average molecular weight is 399 g/mol. The molecule has 0 unspecified atom stereocenters. The molecule has 0 aliphatic carbocycles. The SMILES string of the molecule is CCCC(C)(C)c1ccc(-c2ccc(-c3ccc(C(C)(C)CCC)cc3)cc2)cc1. The normalized spacial score (nSPS) is 12.2. The highest BCUT2D eigenvalue weighted by atomic mass is 14.2. The molecule has 0 atom stereocenters. The maximum atomic E-state index is 2.34. The highest BCUT2D eigenvalue weighted by Crippen LogP contribution is 2.32. The molecule has 0 heteroatoms. The van der Waals surface area contributed by atoms with Crippen molar-refractivity contribution in [2.45, 2.75) is 78.1 Å². The molecular weight excluding hydrogens is 360 g/mol. The Balaban J connectivity index is 1.77. The second kappa shape index (κ2) is 9.21. The number of rotatable bonds is 8. The fourth-order valence-electron chi connectivity index (χ4n) is 4.62. The molecule has 0 aliphatic rings. The monoisotopic (exact) mass is 398 g/mol. The molecule has 0 nitrogen and oxygen atoms in total. The zero-order chi connectivity index (χ0) is 21.8. The average Bonchev–Trinajstić information content (AvgIpc) is 2.74. The second-order valence-electron chi connectivity index (χ2n) is 10.00. The van der Waals surface area contributed by atoms with Crippen LogP contribution in [0.2, 0.25) is 0 Å². The predicted molar refractivity (Wildman–Crippen MR) is 133 cm³/mol. The van der Waals surface area contributed by atoms with E-state index in [4.69, 9.17) is 0 Å². The van der Waals surface area contributed by atoms with Crippen molar-refractivity contribution in [2.75, 3.05) is 0 Å². The van der Waals surface area contributed by atoms with E-state index < -0.39 is 0 Å². The van der Waals surface area contributed by atoms with Crippen LogP contribution in [-0.4, -0.2) is 0 Å². The van der Waals surface area contributed by atoms with Gasteiger partial charge in [0, 0.05) is 0 Å². The molecule has 0 fully saturated rings. The minimum absolute atomic E-state index is 0.245. The van der Waals surface area contributed by atoms with Gasteiger partial charge in [-0.3, -0.25) is 0 Å². The first kappa shape index (κ1) is 22.3. The number of benzene rings is 3. The molecule has 0 aliphatic heterocycles.